The molecule has 1 amide bonds. The number of aromatic amines is 1. The second-order valence-electron chi connectivity index (χ2n) is 16.5. The Bertz CT molecular complexity index is 3240. The molecular weight excluding hydrogens is 623 g/mol. The molecule has 238 valence electrons. The van der Waals surface area contributed by atoms with Crippen molar-refractivity contribution in [3.63, 3.8) is 0 Å². The Morgan fingerprint density at radius 1 is 0.784 bits per heavy atom. The van der Waals surface area contributed by atoms with E-state index < -0.39 is 0 Å². The van der Waals surface area contributed by atoms with Crippen LogP contribution in [0.5, 0.6) is 0 Å². The van der Waals surface area contributed by atoms with Crippen molar-refractivity contribution in [1.82, 2.24) is 15.3 Å². The van der Waals surface area contributed by atoms with E-state index >= 15 is 0 Å². The highest BCUT2D eigenvalue weighted by atomic mass is 16.1. The van der Waals surface area contributed by atoms with Crippen LogP contribution in [0.15, 0.2) is 85.3 Å². The third-order valence-electron chi connectivity index (χ3n) is 14.9. The molecule has 0 saturated heterocycles. The van der Waals surface area contributed by atoms with Gasteiger partial charge in [-0.3, -0.25) is 4.79 Å². The van der Waals surface area contributed by atoms with Gasteiger partial charge < -0.3 is 10.3 Å². The van der Waals surface area contributed by atoms with Crippen LogP contribution in [0.3, 0.4) is 0 Å². The van der Waals surface area contributed by atoms with Gasteiger partial charge in [-0.15, -0.1) is 0 Å². The van der Waals surface area contributed by atoms with E-state index in [1.807, 2.05) is 0 Å². The fourth-order valence-corrected chi connectivity index (χ4v) is 13.7. The number of H-pyrrole nitrogens is 1. The Labute approximate surface area is 291 Å². The van der Waals surface area contributed by atoms with Gasteiger partial charge >= 0.3 is 0 Å². The molecule has 1 aromatic heterocycles. The average Bonchev–Trinajstić information content (AvgIpc) is 3.85. The minimum absolute atomic E-state index is 0.104. The quantitative estimate of drug-likeness (QED) is 0.169. The van der Waals surface area contributed by atoms with E-state index in [2.05, 4.69) is 94.2 Å². The number of nitrogens with one attached hydrogen (secondary N) is 2. The lowest BCUT2D eigenvalue weighted by Gasteiger charge is -2.31. The maximum atomic E-state index is 13.4. The predicted molar refractivity (Wildman–Crippen MR) is 204 cm³/mol. The number of benzene rings is 7. The number of aromatic nitrogens is 2. The van der Waals surface area contributed by atoms with E-state index in [4.69, 9.17) is 0 Å². The number of allylic oxidation sites excluding steroid dienone is 3. The van der Waals surface area contributed by atoms with Crippen molar-refractivity contribution < 1.29 is 4.79 Å². The molecule has 1 fully saturated rings. The van der Waals surface area contributed by atoms with Gasteiger partial charge in [-0.1, -0.05) is 78.9 Å². The van der Waals surface area contributed by atoms with Gasteiger partial charge in [0, 0.05) is 28.9 Å². The van der Waals surface area contributed by atoms with Gasteiger partial charge in [0.25, 0.3) is 0 Å². The molecular formula is C47H29N3O. The Balaban J connectivity index is 1.07. The minimum atomic E-state index is -0.198. The lowest BCUT2D eigenvalue weighted by Crippen LogP contribution is -2.26. The number of rotatable bonds is 7. The van der Waals surface area contributed by atoms with Crippen LogP contribution in [0, 0.1) is 5.41 Å². The normalized spacial score (nSPS) is 25.0. The van der Waals surface area contributed by atoms with Crippen molar-refractivity contribution in [1.29, 1.82) is 0 Å². The number of carbonyl (C=O) groups excluding carboxylic acids is 1. The smallest absolute Gasteiger partial charge is 0.220 e. The van der Waals surface area contributed by atoms with Crippen LogP contribution >= 0.6 is 0 Å². The maximum Gasteiger partial charge on any atom is 0.220 e. The first-order valence-electron chi connectivity index (χ1n) is 18.7. The summed E-state index contributed by atoms with van der Waals surface area (Å²) in [4.78, 5) is 20.6. The average molecular weight is 652 g/mol. The van der Waals surface area contributed by atoms with Gasteiger partial charge in [0.05, 0.1) is 18.6 Å². The topological polar surface area (TPSA) is 57.8 Å². The first-order valence-corrected chi connectivity index (χ1v) is 18.7. The van der Waals surface area contributed by atoms with Crippen LogP contribution in [-0.4, -0.2) is 15.9 Å². The Hall–Kier alpha value is -5.74. The summed E-state index contributed by atoms with van der Waals surface area (Å²) in [6.07, 6.45) is 15.6. The van der Waals surface area contributed by atoms with Crippen LogP contribution in [-0.2, 0) is 35.0 Å². The van der Waals surface area contributed by atoms with Crippen LogP contribution in [0.4, 0.5) is 0 Å². The molecule has 9 aromatic rings. The van der Waals surface area contributed by atoms with Gasteiger partial charge in [0.15, 0.2) is 0 Å². The van der Waals surface area contributed by atoms with E-state index in [9.17, 15) is 4.79 Å². The number of imidazole rings is 1. The largest absolute Gasteiger partial charge is 0.350 e. The molecule has 8 aromatic carbocycles. The fourth-order valence-electron chi connectivity index (χ4n) is 13.7. The first-order chi connectivity index (χ1) is 25.2. The summed E-state index contributed by atoms with van der Waals surface area (Å²) in [5.74, 6) is 0.104. The van der Waals surface area contributed by atoms with Gasteiger partial charge in [0.1, 0.15) is 0 Å². The molecule has 1 spiro atoms. The summed E-state index contributed by atoms with van der Waals surface area (Å²) in [5.41, 5.74) is 14.0. The number of hydrogen-bond donors (Lipinski definition) is 2. The molecule has 0 radical (unpaired) electrons. The minimum Gasteiger partial charge on any atom is -0.350 e. The molecule has 0 aliphatic heterocycles. The van der Waals surface area contributed by atoms with Crippen LogP contribution in [0.25, 0.3) is 76.3 Å². The maximum absolute atomic E-state index is 13.4. The molecule has 6 aliphatic rings. The number of carbonyl (C=O) groups is 1. The highest BCUT2D eigenvalue weighted by molar-refractivity contribution is 6.52. The second kappa shape index (κ2) is 7.48. The number of nitrogens with zero attached hydrogens (tertiary/aromatic N) is 1. The Morgan fingerprint density at radius 2 is 1.53 bits per heavy atom. The summed E-state index contributed by atoms with van der Waals surface area (Å²) in [6.45, 7) is 0.480. The molecule has 3 unspecified atom stereocenters. The molecule has 6 aliphatic carbocycles. The molecule has 4 heteroatoms. The van der Waals surface area contributed by atoms with Crippen molar-refractivity contribution in [3.8, 4) is 0 Å². The molecule has 4 nitrogen and oxygen atoms in total. The predicted octanol–water partition coefficient (Wildman–Crippen LogP) is 9.55. The van der Waals surface area contributed by atoms with Crippen LogP contribution in [0.1, 0.15) is 69.5 Å². The van der Waals surface area contributed by atoms with E-state index in [-0.39, 0.29) is 22.2 Å². The zero-order valence-corrected chi connectivity index (χ0v) is 27.8. The van der Waals surface area contributed by atoms with Crippen molar-refractivity contribution in [3.05, 3.63) is 136 Å². The fraction of sp³-hybridized carbons (Fsp3) is 0.191. The van der Waals surface area contributed by atoms with Gasteiger partial charge in [-0.05, 0) is 140 Å². The Kier molecular flexibility index (Phi) is 3.70. The van der Waals surface area contributed by atoms with Crippen LogP contribution < -0.4 is 5.32 Å². The van der Waals surface area contributed by atoms with E-state index in [1.165, 1.54) is 60.3 Å². The van der Waals surface area contributed by atoms with Crippen molar-refractivity contribution in [2.24, 2.45) is 5.41 Å². The molecule has 1 heterocycles. The summed E-state index contributed by atoms with van der Waals surface area (Å²) in [5, 5.41) is 21.4. The molecule has 0 bridgehead atoms. The zero-order chi connectivity index (χ0) is 32.7. The third-order valence-corrected chi connectivity index (χ3v) is 14.9. The van der Waals surface area contributed by atoms with Gasteiger partial charge in [0.2, 0.25) is 5.91 Å². The van der Waals surface area contributed by atoms with E-state index in [1.54, 1.807) is 66.9 Å². The summed E-state index contributed by atoms with van der Waals surface area (Å²) in [7, 11) is 0. The standard InChI is InChI=1S/C47H29N3O/c51-31(49-20-30-19-48-21-50-30)7-4-11-46(29-5-2-1-3-6-29)45-12-10-24-15-27-16-25-13-22-8-9-23-14-26-17-28(18-45)37-36(26)39-33(23)32(22)38-34(25)35(27)41-42(40(38)39)44(37)47(45,46)43(24)41/h1-3,5-6,8-10,12-15,18-19,21H,4,7,11,16-17,20H2,(H,48,50)(H,49,51). The Morgan fingerprint density at radius 3 is 2.35 bits per heavy atom. The van der Waals surface area contributed by atoms with Gasteiger partial charge in [-0.2, -0.15) is 0 Å². The zero-order valence-electron chi connectivity index (χ0n) is 27.8. The lowest BCUT2D eigenvalue weighted by molar-refractivity contribution is -0.121. The van der Waals surface area contributed by atoms with E-state index in [0.29, 0.717) is 13.0 Å². The van der Waals surface area contributed by atoms with Crippen molar-refractivity contribution >= 4 is 82.2 Å². The molecule has 51 heavy (non-hydrogen) atoms. The van der Waals surface area contributed by atoms with Gasteiger partial charge in [-0.25, -0.2) is 4.98 Å². The highest BCUT2D eigenvalue weighted by Crippen LogP contribution is 2.91. The summed E-state index contributed by atoms with van der Waals surface area (Å²) < 4.78 is 0. The molecule has 1 saturated carbocycles. The SMILES string of the molecule is O=C(CCCC1(c2ccccc2)C23C=Cc4cc5c6c7c4C21c1c2c4c(cc8ccc9cc(c6c6c9c8c4c6c17)C5)CC2=C3)NCc1cnc[nH]1. The highest BCUT2D eigenvalue weighted by Gasteiger charge is 2.89. The van der Waals surface area contributed by atoms with Crippen molar-refractivity contribution in [2.75, 3.05) is 0 Å². The van der Waals surface area contributed by atoms with Crippen LogP contribution in [0.2, 0.25) is 0 Å². The molecule has 2 N–H and O–H groups in total. The van der Waals surface area contributed by atoms with Crippen molar-refractivity contribution in [2.45, 2.75) is 49.5 Å². The third kappa shape index (κ3) is 2.23. The summed E-state index contributed by atoms with van der Waals surface area (Å²) >= 11 is 0. The molecule has 3 atom stereocenters. The number of amides is 1. The number of hydrogen-bond acceptors (Lipinski definition) is 2. The monoisotopic (exact) mass is 651 g/mol. The first kappa shape index (κ1) is 25.2. The van der Waals surface area contributed by atoms with E-state index in [0.717, 1.165) is 31.4 Å². The summed E-state index contributed by atoms with van der Waals surface area (Å²) in [6, 6.07) is 23.9. The lowest BCUT2D eigenvalue weighted by atomic mass is 9.70. The second-order valence-corrected chi connectivity index (χ2v) is 16.5. The molecule has 15 rings (SSSR count).